The third kappa shape index (κ3) is 3.04. The Morgan fingerprint density at radius 3 is 2.48 bits per heavy atom. The number of unbranched alkanes of at least 4 members (excludes halogenated alkanes) is 1. The van der Waals surface area contributed by atoms with E-state index in [9.17, 15) is 19.7 Å². The molecule has 1 aromatic carbocycles. The topological polar surface area (TPSA) is 100 Å². The van der Waals surface area contributed by atoms with Gasteiger partial charge in [0.25, 0.3) is 11.2 Å². The summed E-state index contributed by atoms with van der Waals surface area (Å²) in [5.74, 6) is 0. The second-order valence-corrected chi connectivity index (χ2v) is 4.46. The first kappa shape index (κ1) is 14.6. The molecule has 0 N–H and O–H groups in total. The molecular weight excluding hydrogens is 276 g/mol. The van der Waals surface area contributed by atoms with Crippen molar-refractivity contribution < 1.29 is 4.92 Å². The van der Waals surface area contributed by atoms with Crippen molar-refractivity contribution in [1.29, 1.82) is 0 Å². The highest BCUT2D eigenvalue weighted by atomic mass is 16.6. The number of aromatic nitrogens is 3. The Labute approximate surface area is 119 Å². The summed E-state index contributed by atoms with van der Waals surface area (Å²) in [5.41, 5.74) is -0.710. The monoisotopic (exact) mass is 290 g/mol. The second kappa shape index (κ2) is 6.12. The Kier molecular flexibility index (Phi) is 4.27. The summed E-state index contributed by atoms with van der Waals surface area (Å²) in [4.78, 5) is 34.0. The number of hydrogen-bond acceptors (Lipinski definition) is 5. The van der Waals surface area contributed by atoms with Gasteiger partial charge in [-0.15, -0.1) is 0 Å². The number of non-ortho nitro benzene ring substituents is 1. The fourth-order valence-electron chi connectivity index (χ4n) is 1.85. The number of benzene rings is 1. The van der Waals surface area contributed by atoms with E-state index in [0.29, 0.717) is 18.7 Å². The number of nitrogens with zero attached hydrogens (tertiary/aromatic N) is 4. The van der Waals surface area contributed by atoms with Gasteiger partial charge < -0.3 is 0 Å². The molecule has 0 atom stereocenters. The lowest BCUT2D eigenvalue weighted by atomic mass is 10.3. The zero-order chi connectivity index (χ0) is 15.4. The summed E-state index contributed by atoms with van der Waals surface area (Å²) >= 11 is 0. The van der Waals surface area contributed by atoms with E-state index in [2.05, 4.69) is 5.10 Å². The van der Waals surface area contributed by atoms with Gasteiger partial charge in [0.1, 0.15) is 6.20 Å². The van der Waals surface area contributed by atoms with Crippen LogP contribution in [0.1, 0.15) is 19.8 Å². The van der Waals surface area contributed by atoms with Gasteiger partial charge in [0.05, 0.1) is 10.6 Å². The largest absolute Gasteiger partial charge is 0.352 e. The van der Waals surface area contributed by atoms with Crippen molar-refractivity contribution in [2.75, 3.05) is 0 Å². The molecule has 8 nitrogen and oxygen atoms in total. The van der Waals surface area contributed by atoms with Crippen LogP contribution in [0.4, 0.5) is 5.69 Å². The zero-order valence-electron chi connectivity index (χ0n) is 11.4. The second-order valence-electron chi connectivity index (χ2n) is 4.46. The molecule has 2 rings (SSSR count). The predicted molar refractivity (Wildman–Crippen MR) is 75.7 cm³/mol. The summed E-state index contributed by atoms with van der Waals surface area (Å²) in [6.07, 6.45) is 2.63. The molecule has 8 heteroatoms. The maximum atomic E-state index is 12.2. The molecule has 110 valence electrons. The normalized spacial score (nSPS) is 10.5. The Bertz CT molecular complexity index is 761. The van der Waals surface area contributed by atoms with Crippen LogP contribution in [0.15, 0.2) is 40.1 Å². The van der Waals surface area contributed by atoms with Gasteiger partial charge in [0.15, 0.2) is 0 Å². The minimum atomic E-state index is -0.551. The Balaban J connectivity index is 2.47. The molecule has 2 aromatic rings. The molecule has 0 fully saturated rings. The Morgan fingerprint density at radius 1 is 1.24 bits per heavy atom. The molecule has 21 heavy (non-hydrogen) atoms. The van der Waals surface area contributed by atoms with Crippen LogP contribution in [0.3, 0.4) is 0 Å². The van der Waals surface area contributed by atoms with Crippen LogP contribution in [0.2, 0.25) is 0 Å². The van der Waals surface area contributed by atoms with Gasteiger partial charge in [-0.3, -0.25) is 19.5 Å². The minimum Gasteiger partial charge on any atom is -0.267 e. The highest BCUT2D eigenvalue weighted by Crippen LogP contribution is 2.12. The van der Waals surface area contributed by atoms with Gasteiger partial charge in [0, 0.05) is 18.7 Å². The molecule has 0 bridgehead atoms. The zero-order valence-corrected chi connectivity index (χ0v) is 11.4. The van der Waals surface area contributed by atoms with Crippen LogP contribution < -0.4 is 11.2 Å². The molecule has 0 aliphatic rings. The van der Waals surface area contributed by atoms with Crippen molar-refractivity contribution >= 4 is 5.69 Å². The smallest absolute Gasteiger partial charge is 0.267 e. The summed E-state index contributed by atoms with van der Waals surface area (Å²) in [6, 6.07) is 5.40. The van der Waals surface area contributed by atoms with Crippen molar-refractivity contribution in [3.05, 3.63) is 61.4 Å². The van der Waals surface area contributed by atoms with Gasteiger partial charge in [-0.25, -0.2) is 4.79 Å². The lowest BCUT2D eigenvalue weighted by Gasteiger charge is -2.08. The van der Waals surface area contributed by atoms with E-state index in [1.807, 2.05) is 6.92 Å². The number of hydrogen-bond donors (Lipinski definition) is 0. The van der Waals surface area contributed by atoms with E-state index >= 15 is 0 Å². The van der Waals surface area contributed by atoms with Crippen LogP contribution in [-0.4, -0.2) is 19.3 Å². The minimum absolute atomic E-state index is 0.0777. The molecule has 0 spiro atoms. The van der Waals surface area contributed by atoms with Crippen LogP contribution in [0, 0.1) is 10.1 Å². The Morgan fingerprint density at radius 2 is 1.90 bits per heavy atom. The standard InChI is InChI=1S/C13H14N4O4/c1-2-3-8-15-12(18)9-14-16(13(15)19)10-4-6-11(7-5-10)17(20)21/h4-7,9H,2-3,8H2,1H3. The molecule has 0 aliphatic heterocycles. The summed E-state index contributed by atoms with van der Waals surface area (Å²) in [6.45, 7) is 2.28. The maximum Gasteiger partial charge on any atom is 0.352 e. The average Bonchev–Trinajstić information content (AvgIpc) is 2.47. The van der Waals surface area contributed by atoms with Crippen molar-refractivity contribution in [1.82, 2.24) is 14.3 Å². The van der Waals surface area contributed by atoms with E-state index in [-0.39, 0.29) is 5.69 Å². The van der Waals surface area contributed by atoms with E-state index in [1.165, 1.54) is 24.3 Å². The molecular formula is C13H14N4O4. The van der Waals surface area contributed by atoms with Crippen molar-refractivity contribution in [2.24, 2.45) is 0 Å². The average molecular weight is 290 g/mol. The summed E-state index contributed by atoms with van der Waals surface area (Å²) in [7, 11) is 0. The molecule has 1 heterocycles. The molecule has 0 unspecified atom stereocenters. The first-order valence-electron chi connectivity index (χ1n) is 6.48. The molecule has 0 radical (unpaired) electrons. The fraction of sp³-hybridized carbons (Fsp3) is 0.308. The van der Waals surface area contributed by atoms with E-state index < -0.39 is 16.2 Å². The number of nitro groups is 1. The van der Waals surface area contributed by atoms with Gasteiger partial charge in [-0.1, -0.05) is 13.3 Å². The van der Waals surface area contributed by atoms with Gasteiger partial charge in [-0.2, -0.15) is 9.78 Å². The third-order valence-corrected chi connectivity index (χ3v) is 3.00. The molecule has 0 aliphatic carbocycles. The van der Waals surface area contributed by atoms with Gasteiger partial charge in [0.2, 0.25) is 0 Å². The van der Waals surface area contributed by atoms with Crippen molar-refractivity contribution in [3.63, 3.8) is 0 Å². The number of nitro benzene ring substituents is 1. The van der Waals surface area contributed by atoms with Gasteiger partial charge in [-0.05, 0) is 18.6 Å². The lowest BCUT2D eigenvalue weighted by molar-refractivity contribution is -0.384. The highest BCUT2D eigenvalue weighted by molar-refractivity contribution is 5.39. The van der Waals surface area contributed by atoms with E-state index in [0.717, 1.165) is 21.9 Å². The Hall–Kier alpha value is -2.77. The van der Waals surface area contributed by atoms with E-state index in [4.69, 9.17) is 0 Å². The summed E-state index contributed by atoms with van der Waals surface area (Å²) in [5, 5.41) is 14.4. The van der Waals surface area contributed by atoms with Crippen LogP contribution in [0.25, 0.3) is 5.69 Å². The molecule has 0 saturated heterocycles. The third-order valence-electron chi connectivity index (χ3n) is 3.00. The first-order chi connectivity index (χ1) is 10.0. The predicted octanol–water partition coefficient (Wildman–Crippen LogP) is 1.10. The first-order valence-corrected chi connectivity index (χ1v) is 6.48. The summed E-state index contributed by atoms with van der Waals surface area (Å²) < 4.78 is 2.17. The van der Waals surface area contributed by atoms with Crippen molar-refractivity contribution in [3.8, 4) is 5.69 Å². The molecule has 0 amide bonds. The fourth-order valence-corrected chi connectivity index (χ4v) is 1.85. The quantitative estimate of drug-likeness (QED) is 0.606. The van der Waals surface area contributed by atoms with Crippen LogP contribution in [-0.2, 0) is 6.54 Å². The lowest BCUT2D eigenvalue weighted by Crippen LogP contribution is -2.40. The van der Waals surface area contributed by atoms with E-state index in [1.54, 1.807) is 0 Å². The molecule has 1 aromatic heterocycles. The van der Waals surface area contributed by atoms with Crippen LogP contribution in [0.5, 0.6) is 0 Å². The highest BCUT2D eigenvalue weighted by Gasteiger charge is 2.10. The number of rotatable bonds is 5. The van der Waals surface area contributed by atoms with Crippen LogP contribution >= 0.6 is 0 Å². The maximum absolute atomic E-state index is 12.2. The van der Waals surface area contributed by atoms with Gasteiger partial charge >= 0.3 is 5.69 Å². The molecule has 0 saturated carbocycles. The SMILES string of the molecule is CCCCn1c(=O)cnn(-c2ccc([N+](=O)[O-])cc2)c1=O. The van der Waals surface area contributed by atoms with Crippen molar-refractivity contribution in [2.45, 2.75) is 26.3 Å².